The van der Waals surface area contributed by atoms with Crippen LogP contribution in [0.25, 0.3) is 0 Å². The van der Waals surface area contributed by atoms with Crippen molar-refractivity contribution in [2.75, 3.05) is 0 Å². The van der Waals surface area contributed by atoms with Gasteiger partial charge in [0.05, 0.1) is 5.69 Å². The molecule has 0 fully saturated rings. The van der Waals surface area contributed by atoms with Crippen molar-refractivity contribution in [3.8, 4) is 0 Å². The van der Waals surface area contributed by atoms with E-state index in [-0.39, 0.29) is 0 Å². The van der Waals surface area contributed by atoms with Gasteiger partial charge in [-0.2, -0.15) is 0 Å². The van der Waals surface area contributed by atoms with Gasteiger partial charge in [0.25, 0.3) is 0 Å². The van der Waals surface area contributed by atoms with Crippen molar-refractivity contribution in [3.63, 3.8) is 0 Å². The molecule has 4 heteroatoms. The number of aliphatic hydroxyl groups excluding tert-OH is 1. The minimum atomic E-state index is -0.635. The van der Waals surface area contributed by atoms with Crippen LogP contribution in [0, 0.1) is 4.77 Å². The van der Waals surface area contributed by atoms with E-state index in [4.69, 9.17) is 12.2 Å². The van der Waals surface area contributed by atoms with Crippen molar-refractivity contribution in [2.45, 2.75) is 6.10 Å². The Bertz CT molecular complexity index is 501. The van der Waals surface area contributed by atoms with Crippen LogP contribution in [0.15, 0.2) is 36.5 Å². The van der Waals surface area contributed by atoms with Crippen LogP contribution in [-0.2, 0) is 7.05 Å². The lowest BCUT2D eigenvalue weighted by Gasteiger charge is -2.11. The van der Waals surface area contributed by atoms with Crippen LogP contribution in [0.2, 0.25) is 0 Å². The SMILES string of the molecule is Cn1c(C(O)c2ccccc2)c[nH]c1=S. The largest absolute Gasteiger partial charge is 0.382 e. The van der Waals surface area contributed by atoms with Gasteiger partial charge >= 0.3 is 0 Å². The summed E-state index contributed by atoms with van der Waals surface area (Å²) in [5.74, 6) is 0. The van der Waals surface area contributed by atoms with Gasteiger partial charge in [-0.05, 0) is 17.8 Å². The zero-order valence-corrected chi connectivity index (χ0v) is 9.16. The average molecular weight is 220 g/mol. The highest BCUT2D eigenvalue weighted by Crippen LogP contribution is 2.20. The lowest BCUT2D eigenvalue weighted by molar-refractivity contribution is 0.211. The predicted molar refractivity (Wildman–Crippen MR) is 61.1 cm³/mol. The monoisotopic (exact) mass is 220 g/mol. The number of nitrogens with zero attached hydrogens (tertiary/aromatic N) is 1. The third-order valence-corrected chi connectivity index (χ3v) is 2.82. The van der Waals surface area contributed by atoms with Crippen LogP contribution in [0.4, 0.5) is 0 Å². The highest BCUT2D eigenvalue weighted by atomic mass is 32.1. The zero-order chi connectivity index (χ0) is 10.8. The molecule has 0 aliphatic rings. The molecule has 2 rings (SSSR count). The standard InChI is InChI=1S/C11H12N2OS/c1-13-9(7-12-11(13)15)10(14)8-5-3-2-4-6-8/h2-7,10,14H,1H3,(H,12,15). The van der Waals surface area contributed by atoms with Crippen LogP contribution in [0.5, 0.6) is 0 Å². The van der Waals surface area contributed by atoms with Gasteiger partial charge in [0, 0.05) is 13.2 Å². The van der Waals surface area contributed by atoms with Crippen molar-refractivity contribution >= 4 is 12.2 Å². The smallest absolute Gasteiger partial charge is 0.177 e. The molecular formula is C11H12N2OS. The van der Waals surface area contributed by atoms with Crippen LogP contribution in [-0.4, -0.2) is 14.7 Å². The summed E-state index contributed by atoms with van der Waals surface area (Å²) in [5.41, 5.74) is 1.63. The van der Waals surface area contributed by atoms with Gasteiger partial charge in [0.2, 0.25) is 0 Å². The van der Waals surface area contributed by atoms with Crippen molar-refractivity contribution in [1.29, 1.82) is 0 Å². The van der Waals surface area contributed by atoms with Gasteiger partial charge in [0.1, 0.15) is 6.10 Å². The fourth-order valence-corrected chi connectivity index (χ4v) is 1.68. The molecule has 3 nitrogen and oxygen atoms in total. The van der Waals surface area contributed by atoms with E-state index >= 15 is 0 Å². The number of aliphatic hydroxyl groups is 1. The van der Waals surface area contributed by atoms with Gasteiger partial charge < -0.3 is 14.7 Å². The Balaban J connectivity index is 2.41. The van der Waals surface area contributed by atoms with Crippen molar-refractivity contribution < 1.29 is 5.11 Å². The second-order valence-corrected chi connectivity index (χ2v) is 3.78. The fourth-order valence-electron chi connectivity index (χ4n) is 1.52. The average Bonchev–Trinajstić information content (AvgIpc) is 2.60. The van der Waals surface area contributed by atoms with Crippen LogP contribution < -0.4 is 0 Å². The molecule has 78 valence electrons. The van der Waals surface area contributed by atoms with Crippen LogP contribution >= 0.6 is 12.2 Å². The Morgan fingerprint density at radius 1 is 1.33 bits per heavy atom. The lowest BCUT2D eigenvalue weighted by Crippen LogP contribution is -2.05. The van der Waals surface area contributed by atoms with Crippen molar-refractivity contribution in [3.05, 3.63) is 52.6 Å². The lowest BCUT2D eigenvalue weighted by atomic mass is 10.1. The molecule has 0 saturated carbocycles. The molecule has 15 heavy (non-hydrogen) atoms. The number of aromatic nitrogens is 2. The molecule has 0 aliphatic heterocycles. The third kappa shape index (κ3) is 1.86. The van der Waals surface area contributed by atoms with Gasteiger partial charge in [-0.3, -0.25) is 0 Å². The van der Waals surface area contributed by atoms with Crippen LogP contribution in [0.1, 0.15) is 17.4 Å². The van der Waals surface area contributed by atoms with Crippen molar-refractivity contribution in [1.82, 2.24) is 9.55 Å². The Labute approximate surface area is 93.0 Å². The number of aromatic amines is 1. The first kappa shape index (κ1) is 10.1. The summed E-state index contributed by atoms with van der Waals surface area (Å²) < 4.78 is 2.38. The summed E-state index contributed by atoms with van der Waals surface area (Å²) in [6.45, 7) is 0. The van der Waals surface area contributed by atoms with E-state index in [1.165, 1.54) is 0 Å². The fraction of sp³-hybridized carbons (Fsp3) is 0.182. The number of rotatable bonds is 2. The summed E-state index contributed by atoms with van der Waals surface area (Å²) in [6, 6.07) is 9.51. The number of benzene rings is 1. The molecule has 1 atom stereocenters. The summed E-state index contributed by atoms with van der Waals surface area (Å²) in [7, 11) is 1.83. The number of H-pyrrole nitrogens is 1. The molecule has 0 saturated heterocycles. The van der Waals surface area contributed by atoms with Gasteiger partial charge in [-0.25, -0.2) is 0 Å². The van der Waals surface area contributed by atoms with E-state index < -0.39 is 6.10 Å². The van der Waals surface area contributed by atoms with Gasteiger partial charge in [-0.15, -0.1) is 0 Å². The quantitative estimate of drug-likeness (QED) is 0.761. The molecule has 1 unspecified atom stereocenters. The van der Waals surface area contributed by atoms with Crippen LogP contribution in [0.3, 0.4) is 0 Å². The maximum Gasteiger partial charge on any atom is 0.177 e. The normalized spacial score (nSPS) is 12.7. The summed E-state index contributed by atoms with van der Waals surface area (Å²) in [6.07, 6.45) is 1.10. The predicted octanol–water partition coefficient (Wildman–Crippen LogP) is 2.16. The topological polar surface area (TPSA) is 41.0 Å². The first-order valence-electron chi connectivity index (χ1n) is 4.67. The molecular weight excluding hydrogens is 208 g/mol. The summed E-state index contributed by atoms with van der Waals surface area (Å²) in [5, 5.41) is 10.1. The molecule has 0 aliphatic carbocycles. The Kier molecular flexibility index (Phi) is 2.70. The zero-order valence-electron chi connectivity index (χ0n) is 8.34. The number of nitrogens with one attached hydrogen (secondary N) is 1. The Morgan fingerprint density at radius 2 is 2.00 bits per heavy atom. The maximum absolute atomic E-state index is 10.1. The van der Waals surface area contributed by atoms with E-state index in [9.17, 15) is 5.11 Å². The summed E-state index contributed by atoms with van der Waals surface area (Å²) in [4.78, 5) is 2.91. The minimum Gasteiger partial charge on any atom is -0.382 e. The molecule has 0 amide bonds. The number of imidazole rings is 1. The van der Waals surface area contributed by atoms with E-state index in [0.717, 1.165) is 11.3 Å². The van der Waals surface area contributed by atoms with Gasteiger partial charge in [0.15, 0.2) is 4.77 Å². The number of hydrogen-bond acceptors (Lipinski definition) is 2. The third-order valence-electron chi connectivity index (χ3n) is 2.43. The molecule has 1 heterocycles. The van der Waals surface area contributed by atoms with E-state index in [0.29, 0.717) is 4.77 Å². The summed E-state index contributed by atoms with van der Waals surface area (Å²) >= 11 is 5.04. The first-order valence-corrected chi connectivity index (χ1v) is 5.08. The minimum absolute atomic E-state index is 0.611. The van der Waals surface area contributed by atoms with E-state index in [1.807, 2.05) is 37.4 Å². The van der Waals surface area contributed by atoms with Crippen molar-refractivity contribution in [2.24, 2.45) is 7.05 Å². The second-order valence-electron chi connectivity index (χ2n) is 3.39. The molecule has 0 spiro atoms. The van der Waals surface area contributed by atoms with Gasteiger partial charge in [-0.1, -0.05) is 30.3 Å². The molecule has 0 radical (unpaired) electrons. The second kappa shape index (κ2) is 4.00. The van der Waals surface area contributed by atoms with E-state index in [1.54, 1.807) is 10.8 Å². The first-order chi connectivity index (χ1) is 7.20. The molecule has 0 bridgehead atoms. The highest BCUT2D eigenvalue weighted by molar-refractivity contribution is 7.71. The Morgan fingerprint density at radius 3 is 2.53 bits per heavy atom. The molecule has 2 N–H and O–H groups in total. The Hall–Kier alpha value is -1.39. The molecule has 1 aromatic heterocycles. The van der Waals surface area contributed by atoms with E-state index in [2.05, 4.69) is 4.98 Å². The number of hydrogen-bond donors (Lipinski definition) is 2. The maximum atomic E-state index is 10.1. The molecule has 1 aromatic carbocycles. The molecule has 2 aromatic rings. The highest BCUT2D eigenvalue weighted by Gasteiger charge is 2.13.